The number of hydrogen-bond donors (Lipinski definition) is 2. The number of nitrogens with one attached hydrogen (secondary N) is 1. The van der Waals surface area contributed by atoms with Gasteiger partial charge in [-0.1, -0.05) is 23.8 Å². The molecule has 0 aliphatic rings. The van der Waals surface area contributed by atoms with Gasteiger partial charge in [-0.2, -0.15) is 13.2 Å². The summed E-state index contributed by atoms with van der Waals surface area (Å²) in [6.07, 6.45) is -4.41. The van der Waals surface area contributed by atoms with Gasteiger partial charge in [0.25, 0.3) is 0 Å². The van der Waals surface area contributed by atoms with E-state index in [1.165, 1.54) is 0 Å². The summed E-state index contributed by atoms with van der Waals surface area (Å²) in [5, 5.41) is 0. The van der Waals surface area contributed by atoms with Crippen molar-refractivity contribution in [2.24, 2.45) is 5.84 Å². The highest BCUT2D eigenvalue weighted by molar-refractivity contribution is 5.32. The van der Waals surface area contributed by atoms with Crippen molar-refractivity contribution in [2.75, 3.05) is 0 Å². The molecular formula is C13H19F3N2. The fraction of sp³-hybridized carbons (Fsp3) is 0.538. The summed E-state index contributed by atoms with van der Waals surface area (Å²) in [4.78, 5) is 0. The van der Waals surface area contributed by atoms with Crippen LogP contribution in [0.3, 0.4) is 0 Å². The largest absolute Gasteiger partial charge is 0.389 e. The van der Waals surface area contributed by atoms with Crippen molar-refractivity contribution in [3.63, 3.8) is 0 Å². The molecule has 0 saturated heterocycles. The molecule has 1 aromatic carbocycles. The quantitative estimate of drug-likeness (QED) is 0.627. The van der Waals surface area contributed by atoms with Crippen LogP contribution in [0.1, 0.15) is 42.0 Å². The van der Waals surface area contributed by atoms with Gasteiger partial charge in [-0.3, -0.25) is 11.3 Å². The lowest BCUT2D eigenvalue weighted by Gasteiger charge is -2.19. The van der Waals surface area contributed by atoms with Crippen molar-refractivity contribution in [3.8, 4) is 0 Å². The Morgan fingerprint density at radius 1 is 1.28 bits per heavy atom. The lowest BCUT2D eigenvalue weighted by Crippen LogP contribution is -2.28. The first-order valence-electron chi connectivity index (χ1n) is 5.93. The molecule has 102 valence electrons. The molecule has 0 aromatic heterocycles. The molecule has 1 aromatic rings. The first-order valence-corrected chi connectivity index (χ1v) is 5.93. The summed E-state index contributed by atoms with van der Waals surface area (Å²) in [5.41, 5.74) is 5.73. The molecule has 0 spiro atoms. The summed E-state index contributed by atoms with van der Waals surface area (Å²) in [6.45, 7) is 3.92. The van der Waals surface area contributed by atoms with Crippen LogP contribution < -0.4 is 11.3 Å². The van der Waals surface area contributed by atoms with E-state index in [2.05, 4.69) is 5.43 Å². The third-order valence-electron chi connectivity index (χ3n) is 2.95. The number of hydrazine groups is 1. The Morgan fingerprint density at radius 2 is 1.94 bits per heavy atom. The fourth-order valence-corrected chi connectivity index (χ4v) is 2.05. The summed E-state index contributed by atoms with van der Waals surface area (Å²) in [7, 11) is 0. The Morgan fingerprint density at radius 3 is 2.44 bits per heavy atom. The lowest BCUT2D eigenvalue weighted by molar-refractivity contribution is -0.135. The van der Waals surface area contributed by atoms with Gasteiger partial charge in [-0.15, -0.1) is 0 Å². The molecule has 0 heterocycles. The number of hydrogen-bond acceptors (Lipinski definition) is 2. The molecule has 0 saturated carbocycles. The molecule has 2 nitrogen and oxygen atoms in total. The molecule has 0 bridgehead atoms. The van der Waals surface area contributed by atoms with E-state index in [4.69, 9.17) is 5.84 Å². The fourth-order valence-electron chi connectivity index (χ4n) is 2.05. The highest BCUT2D eigenvalue weighted by atomic mass is 19.4. The molecule has 1 atom stereocenters. The Kier molecular flexibility index (Phi) is 5.16. The van der Waals surface area contributed by atoms with E-state index in [1.54, 1.807) is 0 Å². The second kappa shape index (κ2) is 6.20. The van der Waals surface area contributed by atoms with Crippen LogP contribution >= 0.6 is 0 Å². The summed E-state index contributed by atoms with van der Waals surface area (Å²) >= 11 is 0. The second-order valence-electron chi connectivity index (χ2n) is 4.59. The maximum absolute atomic E-state index is 12.1. The van der Waals surface area contributed by atoms with Gasteiger partial charge in [-0.25, -0.2) is 0 Å². The topological polar surface area (TPSA) is 38.0 Å². The zero-order chi connectivity index (χ0) is 13.8. The Labute approximate surface area is 105 Å². The van der Waals surface area contributed by atoms with E-state index in [9.17, 15) is 13.2 Å². The zero-order valence-electron chi connectivity index (χ0n) is 10.6. The Bertz CT molecular complexity index is 388. The van der Waals surface area contributed by atoms with Crippen LogP contribution in [0.25, 0.3) is 0 Å². The second-order valence-corrected chi connectivity index (χ2v) is 4.59. The third kappa shape index (κ3) is 4.66. The molecule has 0 radical (unpaired) electrons. The summed E-state index contributed by atoms with van der Waals surface area (Å²) < 4.78 is 36.3. The van der Waals surface area contributed by atoms with Crippen molar-refractivity contribution in [2.45, 2.75) is 45.3 Å². The van der Waals surface area contributed by atoms with Crippen molar-refractivity contribution in [1.29, 1.82) is 0 Å². The highest BCUT2D eigenvalue weighted by Gasteiger charge is 2.26. The summed E-state index contributed by atoms with van der Waals surface area (Å²) in [5.74, 6) is 5.43. The van der Waals surface area contributed by atoms with E-state index >= 15 is 0 Å². The lowest BCUT2D eigenvalue weighted by atomic mass is 9.96. The van der Waals surface area contributed by atoms with Gasteiger partial charge in [0.2, 0.25) is 0 Å². The van der Waals surface area contributed by atoms with Gasteiger partial charge >= 0.3 is 6.18 Å². The standard InChI is InChI=1S/C13H19F3N2/c1-9-5-6-11(10(2)8-9)12(18-17)4-3-7-13(14,15)16/h5-6,8,12,18H,3-4,7,17H2,1-2H3. The SMILES string of the molecule is Cc1ccc(C(CCCC(F)(F)F)NN)c(C)c1. The highest BCUT2D eigenvalue weighted by Crippen LogP contribution is 2.27. The Balaban J connectivity index is 2.66. The molecule has 1 rings (SSSR count). The molecule has 0 aliphatic heterocycles. The number of aryl methyl sites for hydroxylation is 2. The van der Waals surface area contributed by atoms with E-state index in [0.717, 1.165) is 16.7 Å². The van der Waals surface area contributed by atoms with E-state index in [0.29, 0.717) is 6.42 Å². The predicted molar refractivity (Wildman–Crippen MR) is 65.9 cm³/mol. The zero-order valence-corrected chi connectivity index (χ0v) is 10.6. The number of alkyl halides is 3. The van der Waals surface area contributed by atoms with Gasteiger partial charge in [0.05, 0.1) is 0 Å². The van der Waals surface area contributed by atoms with Crippen LogP contribution in [-0.4, -0.2) is 6.18 Å². The average molecular weight is 260 g/mol. The predicted octanol–water partition coefficient (Wildman–Crippen LogP) is 3.54. The van der Waals surface area contributed by atoms with Crippen molar-refractivity contribution in [3.05, 3.63) is 34.9 Å². The molecule has 1 unspecified atom stereocenters. The summed E-state index contributed by atoms with van der Waals surface area (Å²) in [6, 6.07) is 5.63. The molecule has 0 aliphatic carbocycles. The molecule has 3 N–H and O–H groups in total. The number of halogens is 3. The number of benzene rings is 1. The van der Waals surface area contributed by atoms with Crippen molar-refractivity contribution in [1.82, 2.24) is 5.43 Å². The van der Waals surface area contributed by atoms with E-state index in [1.807, 2.05) is 32.0 Å². The van der Waals surface area contributed by atoms with Crippen LogP contribution in [0.2, 0.25) is 0 Å². The minimum absolute atomic E-state index is 0.0751. The number of rotatable bonds is 5. The van der Waals surface area contributed by atoms with Crippen LogP contribution in [0.15, 0.2) is 18.2 Å². The smallest absolute Gasteiger partial charge is 0.271 e. The Hall–Kier alpha value is -1.07. The minimum atomic E-state index is -4.10. The molecule has 0 fully saturated rings. The monoisotopic (exact) mass is 260 g/mol. The van der Waals surface area contributed by atoms with Crippen LogP contribution in [0, 0.1) is 13.8 Å². The number of nitrogens with two attached hydrogens (primary N) is 1. The van der Waals surface area contributed by atoms with E-state index in [-0.39, 0.29) is 12.5 Å². The van der Waals surface area contributed by atoms with Gasteiger partial charge in [-0.05, 0) is 37.8 Å². The molecule has 18 heavy (non-hydrogen) atoms. The maximum atomic E-state index is 12.1. The first-order chi connectivity index (χ1) is 8.33. The van der Waals surface area contributed by atoms with Gasteiger partial charge in [0, 0.05) is 12.5 Å². The molecular weight excluding hydrogens is 241 g/mol. The average Bonchev–Trinajstić information content (AvgIpc) is 2.24. The molecule has 0 amide bonds. The van der Waals surface area contributed by atoms with Crippen molar-refractivity contribution < 1.29 is 13.2 Å². The van der Waals surface area contributed by atoms with Crippen molar-refractivity contribution >= 4 is 0 Å². The minimum Gasteiger partial charge on any atom is -0.271 e. The van der Waals surface area contributed by atoms with Gasteiger partial charge < -0.3 is 0 Å². The van der Waals surface area contributed by atoms with Crippen LogP contribution in [0.4, 0.5) is 13.2 Å². The van der Waals surface area contributed by atoms with Crippen LogP contribution in [0.5, 0.6) is 0 Å². The van der Waals surface area contributed by atoms with Gasteiger partial charge in [0.1, 0.15) is 0 Å². The normalized spacial score (nSPS) is 13.7. The van der Waals surface area contributed by atoms with Gasteiger partial charge in [0.15, 0.2) is 0 Å². The van der Waals surface area contributed by atoms with Crippen LogP contribution in [-0.2, 0) is 0 Å². The maximum Gasteiger partial charge on any atom is 0.389 e. The first kappa shape index (κ1) is 15.0. The molecule has 5 heteroatoms. The third-order valence-corrected chi connectivity index (χ3v) is 2.95. The van der Waals surface area contributed by atoms with E-state index < -0.39 is 12.6 Å².